The number of rotatable bonds is 4. The van der Waals surface area contributed by atoms with Crippen LogP contribution in [-0.2, 0) is 17.9 Å². The van der Waals surface area contributed by atoms with E-state index >= 15 is 0 Å². The van der Waals surface area contributed by atoms with Gasteiger partial charge in [-0.25, -0.2) is 4.68 Å². The summed E-state index contributed by atoms with van der Waals surface area (Å²) in [5, 5.41) is 7.44. The van der Waals surface area contributed by atoms with Gasteiger partial charge in [0.25, 0.3) is 0 Å². The van der Waals surface area contributed by atoms with E-state index in [0.717, 1.165) is 10.0 Å². The second-order valence-corrected chi connectivity index (χ2v) is 4.80. The zero-order valence-corrected chi connectivity index (χ0v) is 11.5. The van der Waals surface area contributed by atoms with Crippen LogP contribution in [0.3, 0.4) is 0 Å². The number of hydrogen-bond acceptors (Lipinski definition) is 3. The number of nitrogens with zero attached hydrogens (tertiary/aromatic N) is 4. The van der Waals surface area contributed by atoms with Crippen molar-refractivity contribution in [1.29, 1.82) is 0 Å². The topological polar surface area (TPSA) is 51.0 Å². The molecule has 1 heterocycles. The highest BCUT2D eigenvalue weighted by atomic mass is 79.9. The van der Waals surface area contributed by atoms with E-state index in [0.29, 0.717) is 6.54 Å². The van der Waals surface area contributed by atoms with Gasteiger partial charge in [0.15, 0.2) is 0 Å². The van der Waals surface area contributed by atoms with Crippen molar-refractivity contribution in [3.63, 3.8) is 0 Å². The summed E-state index contributed by atoms with van der Waals surface area (Å²) in [5.74, 6) is -0.00347. The summed E-state index contributed by atoms with van der Waals surface area (Å²) in [6.07, 6.45) is 3.23. The molecule has 0 aliphatic heterocycles. The normalized spacial score (nSPS) is 10.3. The van der Waals surface area contributed by atoms with Gasteiger partial charge in [-0.15, -0.1) is 5.10 Å². The molecule has 2 rings (SSSR count). The second-order valence-electron chi connectivity index (χ2n) is 3.94. The molecule has 1 aromatic heterocycles. The average Bonchev–Trinajstić information content (AvgIpc) is 2.84. The van der Waals surface area contributed by atoms with Crippen LogP contribution in [0.15, 0.2) is 41.1 Å². The Bertz CT molecular complexity index is 527. The van der Waals surface area contributed by atoms with Crippen molar-refractivity contribution in [3.05, 3.63) is 46.7 Å². The summed E-state index contributed by atoms with van der Waals surface area (Å²) >= 11 is 3.47. The lowest BCUT2D eigenvalue weighted by atomic mass is 10.2. The Kier molecular flexibility index (Phi) is 4.09. The van der Waals surface area contributed by atoms with Crippen molar-refractivity contribution in [2.45, 2.75) is 13.1 Å². The third-order valence-electron chi connectivity index (χ3n) is 2.56. The van der Waals surface area contributed by atoms with Gasteiger partial charge in [0.05, 0.1) is 6.20 Å². The molecule has 0 aliphatic rings. The smallest absolute Gasteiger partial charge is 0.244 e. The van der Waals surface area contributed by atoms with Crippen LogP contribution in [0.1, 0.15) is 5.56 Å². The summed E-state index contributed by atoms with van der Waals surface area (Å²) in [4.78, 5) is 13.6. The van der Waals surface area contributed by atoms with E-state index in [2.05, 4.69) is 26.2 Å². The number of likely N-dealkylation sites (N-methyl/N-ethyl adjacent to an activating group) is 1. The molecule has 94 valence electrons. The molecule has 18 heavy (non-hydrogen) atoms. The number of amides is 1. The fourth-order valence-corrected chi connectivity index (χ4v) is 1.96. The monoisotopic (exact) mass is 308 g/mol. The van der Waals surface area contributed by atoms with Crippen LogP contribution in [-0.4, -0.2) is 32.8 Å². The van der Waals surface area contributed by atoms with Gasteiger partial charge in [-0.3, -0.25) is 4.79 Å². The van der Waals surface area contributed by atoms with E-state index in [1.54, 1.807) is 24.3 Å². The van der Waals surface area contributed by atoms with Gasteiger partial charge in [-0.05, 0) is 11.6 Å². The molecule has 1 amide bonds. The third kappa shape index (κ3) is 3.16. The lowest BCUT2D eigenvalue weighted by Crippen LogP contribution is -2.30. The predicted octanol–water partition coefficient (Wildman–Crippen LogP) is 1.70. The highest BCUT2D eigenvalue weighted by Crippen LogP contribution is 2.17. The Morgan fingerprint density at radius 2 is 2.22 bits per heavy atom. The highest BCUT2D eigenvalue weighted by molar-refractivity contribution is 9.10. The first-order valence-corrected chi connectivity index (χ1v) is 6.27. The first-order valence-electron chi connectivity index (χ1n) is 5.48. The number of halogens is 1. The number of carbonyl (C=O) groups is 1. The maximum Gasteiger partial charge on any atom is 0.244 e. The highest BCUT2D eigenvalue weighted by Gasteiger charge is 2.11. The lowest BCUT2D eigenvalue weighted by Gasteiger charge is -2.17. The molecule has 0 fully saturated rings. The largest absolute Gasteiger partial charge is 0.340 e. The van der Waals surface area contributed by atoms with E-state index in [4.69, 9.17) is 0 Å². The second kappa shape index (κ2) is 5.77. The Morgan fingerprint density at radius 3 is 2.89 bits per heavy atom. The van der Waals surface area contributed by atoms with Crippen LogP contribution >= 0.6 is 15.9 Å². The van der Waals surface area contributed by atoms with Crippen molar-refractivity contribution in [1.82, 2.24) is 19.9 Å². The average molecular weight is 309 g/mol. The van der Waals surface area contributed by atoms with Crippen molar-refractivity contribution in [2.24, 2.45) is 0 Å². The summed E-state index contributed by atoms with van der Waals surface area (Å²) in [6.45, 7) is 0.774. The number of hydrogen-bond donors (Lipinski definition) is 0. The molecule has 5 nitrogen and oxygen atoms in total. The molecule has 6 heteroatoms. The van der Waals surface area contributed by atoms with Crippen LogP contribution < -0.4 is 0 Å². The van der Waals surface area contributed by atoms with Crippen molar-refractivity contribution < 1.29 is 4.79 Å². The van der Waals surface area contributed by atoms with Gasteiger partial charge >= 0.3 is 0 Å². The van der Waals surface area contributed by atoms with Crippen LogP contribution in [0.4, 0.5) is 0 Å². The molecule has 1 aromatic carbocycles. The van der Waals surface area contributed by atoms with Crippen molar-refractivity contribution in [2.75, 3.05) is 7.05 Å². The fraction of sp³-hybridized carbons (Fsp3) is 0.250. The van der Waals surface area contributed by atoms with Gasteiger partial charge in [-0.2, -0.15) is 0 Å². The summed E-state index contributed by atoms with van der Waals surface area (Å²) in [6, 6.07) is 7.86. The number of aromatic nitrogens is 3. The molecule has 0 unspecified atom stereocenters. The summed E-state index contributed by atoms with van der Waals surface area (Å²) in [7, 11) is 1.78. The maximum absolute atomic E-state index is 11.9. The van der Waals surface area contributed by atoms with E-state index in [1.165, 1.54) is 4.68 Å². The van der Waals surface area contributed by atoms with Crippen molar-refractivity contribution in [3.8, 4) is 0 Å². The standard InChI is InChI=1S/C12H13BrN4O/c1-16(8-10-4-2-3-5-11(10)13)12(18)9-17-7-6-14-15-17/h2-7H,8-9H2,1H3. The Morgan fingerprint density at radius 1 is 1.44 bits per heavy atom. The van der Waals surface area contributed by atoms with Gasteiger partial charge in [-0.1, -0.05) is 39.3 Å². The van der Waals surface area contributed by atoms with Crippen LogP contribution in [0, 0.1) is 0 Å². The van der Waals surface area contributed by atoms with E-state index < -0.39 is 0 Å². The molecule has 0 spiro atoms. The molecule has 0 N–H and O–H groups in total. The van der Waals surface area contributed by atoms with E-state index in [1.807, 2.05) is 24.3 Å². The molecule has 0 radical (unpaired) electrons. The van der Waals surface area contributed by atoms with Gasteiger partial charge in [0.2, 0.25) is 5.91 Å². The van der Waals surface area contributed by atoms with E-state index in [9.17, 15) is 4.79 Å². The zero-order valence-electron chi connectivity index (χ0n) is 9.95. The van der Waals surface area contributed by atoms with Gasteiger partial charge < -0.3 is 4.90 Å². The maximum atomic E-state index is 11.9. The predicted molar refractivity (Wildman–Crippen MR) is 70.6 cm³/mol. The Hall–Kier alpha value is -1.69. The zero-order chi connectivity index (χ0) is 13.0. The Labute approximate surface area is 114 Å². The minimum absolute atomic E-state index is 0.00347. The minimum atomic E-state index is -0.00347. The number of benzene rings is 1. The fourth-order valence-electron chi connectivity index (χ4n) is 1.55. The molecule has 2 aromatic rings. The summed E-state index contributed by atoms with van der Waals surface area (Å²) in [5.41, 5.74) is 1.08. The molecule has 0 bridgehead atoms. The third-order valence-corrected chi connectivity index (χ3v) is 3.33. The van der Waals surface area contributed by atoms with Crippen LogP contribution in [0.5, 0.6) is 0 Å². The van der Waals surface area contributed by atoms with Crippen molar-refractivity contribution >= 4 is 21.8 Å². The van der Waals surface area contributed by atoms with Crippen LogP contribution in [0.2, 0.25) is 0 Å². The van der Waals surface area contributed by atoms with Gasteiger partial charge in [0, 0.05) is 24.3 Å². The lowest BCUT2D eigenvalue weighted by molar-refractivity contribution is -0.131. The minimum Gasteiger partial charge on any atom is -0.340 e. The molecule has 0 saturated carbocycles. The quantitative estimate of drug-likeness (QED) is 0.864. The molecule has 0 atom stereocenters. The molecule has 0 aliphatic carbocycles. The van der Waals surface area contributed by atoms with Crippen LogP contribution in [0.25, 0.3) is 0 Å². The molecular formula is C12H13BrN4O. The first kappa shape index (κ1) is 12.8. The SMILES string of the molecule is CN(Cc1ccccc1Br)C(=O)Cn1ccnn1. The Balaban J connectivity index is 1.97. The number of carbonyl (C=O) groups excluding carboxylic acids is 1. The summed E-state index contributed by atoms with van der Waals surface area (Å²) < 4.78 is 2.52. The first-order chi connectivity index (χ1) is 8.66. The van der Waals surface area contributed by atoms with Gasteiger partial charge in [0.1, 0.15) is 6.54 Å². The molecular weight excluding hydrogens is 296 g/mol. The molecule has 0 saturated heterocycles. The van der Waals surface area contributed by atoms with E-state index in [-0.39, 0.29) is 12.5 Å².